The summed E-state index contributed by atoms with van der Waals surface area (Å²) >= 11 is 0. The Balaban J connectivity index is 2.59. The van der Waals surface area contributed by atoms with Gasteiger partial charge in [0.1, 0.15) is 11.9 Å². The fraction of sp³-hybridized carbons (Fsp3) is 0.462. The van der Waals surface area contributed by atoms with Crippen LogP contribution in [0.2, 0.25) is 0 Å². The highest BCUT2D eigenvalue weighted by Crippen LogP contribution is 2.14. The summed E-state index contributed by atoms with van der Waals surface area (Å²) in [5, 5.41) is 12.1. The van der Waals surface area contributed by atoms with Gasteiger partial charge in [0.25, 0.3) is 0 Å². The van der Waals surface area contributed by atoms with Crippen LogP contribution in [0.25, 0.3) is 0 Å². The first-order valence-electron chi connectivity index (χ1n) is 5.86. The van der Waals surface area contributed by atoms with Crippen LogP contribution < -0.4 is 5.32 Å². The van der Waals surface area contributed by atoms with E-state index in [1.807, 2.05) is 0 Å². The van der Waals surface area contributed by atoms with Gasteiger partial charge < -0.3 is 10.4 Å². The van der Waals surface area contributed by atoms with Gasteiger partial charge in [0.05, 0.1) is 0 Å². The normalized spacial score (nSPS) is 12.4. The van der Waals surface area contributed by atoms with Crippen LogP contribution in [-0.4, -0.2) is 17.6 Å². The van der Waals surface area contributed by atoms with Crippen LogP contribution in [0, 0.1) is 5.82 Å². The third kappa shape index (κ3) is 4.53. The summed E-state index contributed by atoms with van der Waals surface area (Å²) in [6.45, 7) is 2.75. The topological polar surface area (TPSA) is 49.3 Å². The molecule has 17 heavy (non-hydrogen) atoms. The van der Waals surface area contributed by atoms with Crippen molar-refractivity contribution >= 4 is 5.97 Å². The molecule has 0 amide bonds. The molecule has 1 rings (SSSR count). The number of aliphatic carboxylic acids is 1. The van der Waals surface area contributed by atoms with Crippen LogP contribution in [-0.2, 0) is 4.79 Å². The molecule has 1 atom stereocenters. The molecule has 0 aliphatic rings. The summed E-state index contributed by atoms with van der Waals surface area (Å²) in [5.74, 6) is -1.29. The van der Waals surface area contributed by atoms with Crippen molar-refractivity contribution < 1.29 is 14.3 Å². The van der Waals surface area contributed by atoms with E-state index in [4.69, 9.17) is 5.11 Å². The quantitative estimate of drug-likeness (QED) is 0.719. The Hall–Kier alpha value is -1.42. The predicted molar refractivity (Wildman–Crippen MR) is 64.3 cm³/mol. The molecule has 0 saturated carbocycles. The SMILES string of the molecule is CCCCCNC(C(=O)O)c1ccc(F)cc1. The lowest BCUT2D eigenvalue weighted by atomic mass is 10.1. The van der Waals surface area contributed by atoms with E-state index in [1.165, 1.54) is 24.3 Å². The number of carboxylic acids is 1. The summed E-state index contributed by atoms with van der Waals surface area (Å²) in [6, 6.07) is 4.80. The minimum atomic E-state index is -0.937. The molecule has 0 spiro atoms. The number of hydrogen-bond donors (Lipinski definition) is 2. The third-order valence-corrected chi connectivity index (χ3v) is 2.58. The van der Waals surface area contributed by atoms with Gasteiger partial charge in [-0.3, -0.25) is 4.79 Å². The van der Waals surface area contributed by atoms with Crippen molar-refractivity contribution in [2.75, 3.05) is 6.54 Å². The van der Waals surface area contributed by atoms with Crippen LogP contribution in [0.1, 0.15) is 37.8 Å². The Morgan fingerprint density at radius 3 is 2.53 bits per heavy atom. The van der Waals surface area contributed by atoms with E-state index >= 15 is 0 Å². The largest absolute Gasteiger partial charge is 0.480 e. The minimum Gasteiger partial charge on any atom is -0.480 e. The van der Waals surface area contributed by atoms with Gasteiger partial charge in [-0.1, -0.05) is 31.9 Å². The van der Waals surface area contributed by atoms with Gasteiger partial charge in [0.2, 0.25) is 0 Å². The highest BCUT2D eigenvalue weighted by atomic mass is 19.1. The lowest BCUT2D eigenvalue weighted by Gasteiger charge is -2.14. The van der Waals surface area contributed by atoms with Crippen molar-refractivity contribution in [1.82, 2.24) is 5.32 Å². The zero-order chi connectivity index (χ0) is 12.7. The van der Waals surface area contributed by atoms with Gasteiger partial charge in [-0.25, -0.2) is 4.39 Å². The van der Waals surface area contributed by atoms with Crippen LogP contribution in [0.15, 0.2) is 24.3 Å². The van der Waals surface area contributed by atoms with Crippen molar-refractivity contribution in [3.63, 3.8) is 0 Å². The fourth-order valence-corrected chi connectivity index (χ4v) is 1.62. The Kier molecular flexibility index (Phi) is 5.63. The Labute approximate surface area is 101 Å². The number of unbranched alkanes of at least 4 members (excludes halogenated alkanes) is 2. The van der Waals surface area contributed by atoms with Crippen molar-refractivity contribution in [2.45, 2.75) is 32.2 Å². The van der Waals surface area contributed by atoms with E-state index in [0.29, 0.717) is 12.1 Å². The summed E-state index contributed by atoms with van der Waals surface area (Å²) in [7, 11) is 0. The van der Waals surface area contributed by atoms with Crippen molar-refractivity contribution in [1.29, 1.82) is 0 Å². The second-order valence-corrected chi connectivity index (χ2v) is 3.98. The predicted octanol–water partition coefficient (Wildman–Crippen LogP) is 2.73. The van der Waals surface area contributed by atoms with Gasteiger partial charge >= 0.3 is 5.97 Å². The molecule has 0 saturated heterocycles. The molecule has 94 valence electrons. The molecule has 0 aromatic heterocycles. The molecule has 0 heterocycles. The highest BCUT2D eigenvalue weighted by Gasteiger charge is 2.18. The van der Waals surface area contributed by atoms with Crippen molar-refractivity contribution in [2.24, 2.45) is 0 Å². The molecule has 2 N–H and O–H groups in total. The van der Waals surface area contributed by atoms with Gasteiger partial charge in [0.15, 0.2) is 0 Å². The molecule has 0 aliphatic heterocycles. The van der Waals surface area contributed by atoms with Crippen LogP contribution in [0.3, 0.4) is 0 Å². The van der Waals surface area contributed by atoms with Gasteiger partial charge in [0, 0.05) is 0 Å². The first kappa shape index (κ1) is 13.6. The third-order valence-electron chi connectivity index (χ3n) is 2.58. The van der Waals surface area contributed by atoms with Gasteiger partial charge in [-0.15, -0.1) is 0 Å². The summed E-state index contributed by atoms with van der Waals surface area (Å²) < 4.78 is 12.7. The number of nitrogens with one attached hydrogen (secondary N) is 1. The van der Waals surface area contributed by atoms with Crippen LogP contribution in [0.5, 0.6) is 0 Å². The first-order valence-corrected chi connectivity index (χ1v) is 5.86. The Morgan fingerprint density at radius 2 is 2.00 bits per heavy atom. The van der Waals surface area contributed by atoms with E-state index in [-0.39, 0.29) is 5.82 Å². The lowest BCUT2D eigenvalue weighted by molar-refractivity contribution is -0.139. The molecular formula is C13H18FNO2. The van der Waals surface area contributed by atoms with Gasteiger partial charge in [-0.05, 0) is 30.7 Å². The molecule has 1 aromatic rings. The number of carbonyl (C=O) groups is 1. The molecule has 4 heteroatoms. The molecule has 0 fully saturated rings. The van der Waals surface area contributed by atoms with Crippen molar-refractivity contribution in [3.05, 3.63) is 35.6 Å². The highest BCUT2D eigenvalue weighted by molar-refractivity contribution is 5.75. The lowest BCUT2D eigenvalue weighted by Crippen LogP contribution is -2.29. The summed E-state index contributed by atoms with van der Waals surface area (Å²) in [6.07, 6.45) is 3.11. The first-order chi connectivity index (χ1) is 8.15. The molecule has 0 bridgehead atoms. The number of halogens is 1. The molecule has 0 aliphatic carbocycles. The summed E-state index contributed by atoms with van der Waals surface area (Å²) in [4.78, 5) is 11.1. The smallest absolute Gasteiger partial charge is 0.325 e. The monoisotopic (exact) mass is 239 g/mol. The average molecular weight is 239 g/mol. The minimum absolute atomic E-state index is 0.358. The van der Waals surface area contributed by atoms with E-state index < -0.39 is 12.0 Å². The second kappa shape index (κ2) is 7.01. The maximum absolute atomic E-state index is 12.7. The van der Waals surface area contributed by atoms with Gasteiger partial charge in [-0.2, -0.15) is 0 Å². The fourth-order valence-electron chi connectivity index (χ4n) is 1.62. The van der Waals surface area contributed by atoms with E-state index in [9.17, 15) is 9.18 Å². The number of carboxylic acid groups (broad SMARTS) is 1. The average Bonchev–Trinajstić information content (AvgIpc) is 2.30. The molecule has 3 nitrogen and oxygen atoms in total. The Morgan fingerprint density at radius 1 is 1.35 bits per heavy atom. The molecule has 1 unspecified atom stereocenters. The molecular weight excluding hydrogens is 221 g/mol. The summed E-state index contributed by atoms with van der Waals surface area (Å²) in [5.41, 5.74) is 0.579. The maximum Gasteiger partial charge on any atom is 0.325 e. The van der Waals surface area contributed by atoms with E-state index in [0.717, 1.165) is 19.3 Å². The molecule has 1 aromatic carbocycles. The molecule has 0 radical (unpaired) electrons. The van der Waals surface area contributed by atoms with Crippen LogP contribution >= 0.6 is 0 Å². The standard InChI is InChI=1S/C13H18FNO2/c1-2-3-4-9-15-12(13(16)17)10-5-7-11(14)8-6-10/h5-8,12,15H,2-4,9H2,1H3,(H,16,17). The Bertz CT molecular complexity index is 351. The number of hydrogen-bond acceptors (Lipinski definition) is 2. The number of benzene rings is 1. The zero-order valence-electron chi connectivity index (χ0n) is 9.95. The van der Waals surface area contributed by atoms with Crippen LogP contribution in [0.4, 0.5) is 4.39 Å². The number of rotatable bonds is 7. The van der Waals surface area contributed by atoms with E-state index in [2.05, 4.69) is 12.2 Å². The van der Waals surface area contributed by atoms with E-state index in [1.54, 1.807) is 0 Å². The zero-order valence-corrected chi connectivity index (χ0v) is 9.95. The second-order valence-electron chi connectivity index (χ2n) is 3.98. The maximum atomic E-state index is 12.7. The van der Waals surface area contributed by atoms with Crippen molar-refractivity contribution in [3.8, 4) is 0 Å².